The van der Waals surface area contributed by atoms with Gasteiger partial charge in [-0.2, -0.15) is 0 Å². The van der Waals surface area contributed by atoms with Crippen molar-refractivity contribution in [1.29, 1.82) is 0 Å². The quantitative estimate of drug-likeness (QED) is 0.852. The third kappa shape index (κ3) is 3.35. The summed E-state index contributed by atoms with van der Waals surface area (Å²) in [6.45, 7) is 6.38. The first-order valence-corrected chi connectivity index (χ1v) is 7.26. The third-order valence-electron chi connectivity index (χ3n) is 4.10. The maximum Gasteiger partial charge on any atom is 0.0713 e. The zero-order valence-electron chi connectivity index (χ0n) is 12.4. The third-order valence-corrected chi connectivity index (χ3v) is 4.10. The molecule has 0 bridgehead atoms. The van der Waals surface area contributed by atoms with Crippen molar-refractivity contribution in [3.05, 3.63) is 35.4 Å². The van der Waals surface area contributed by atoms with Crippen LogP contribution in [0.25, 0.3) is 0 Å². The van der Waals surface area contributed by atoms with Gasteiger partial charge in [0.1, 0.15) is 0 Å². The molecule has 2 unspecified atom stereocenters. The molecule has 106 valence electrons. The zero-order valence-corrected chi connectivity index (χ0v) is 12.4. The standard InChI is InChI=1S/C16H26N2O/c1-4-18-9-8-15(11-17-2)16(18)14-7-5-6-13(10-14)12-19-3/h5-7,10,15-17H,4,8-9,11-12H2,1-3H3. The minimum atomic E-state index is 0.550. The van der Waals surface area contributed by atoms with Crippen molar-refractivity contribution >= 4 is 0 Å². The van der Waals surface area contributed by atoms with Crippen LogP contribution < -0.4 is 5.32 Å². The van der Waals surface area contributed by atoms with Gasteiger partial charge in [-0.1, -0.05) is 31.2 Å². The van der Waals surface area contributed by atoms with E-state index in [1.807, 2.05) is 7.05 Å². The molecule has 19 heavy (non-hydrogen) atoms. The number of benzene rings is 1. The van der Waals surface area contributed by atoms with Gasteiger partial charge in [-0.05, 0) is 50.1 Å². The fraction of sp³-hybridized carbons (Fsp3) is 0.625. The summed E-state index contributed by atoms with van der Waals surface area (Å²) in [4.78, 5) is 2.59. The number of hydrogen-bond donors (Lipinski definition) is 1. The van der Waals surface area contributed by atoms with E-state index >= 15 is 0 Å². The fourth-order valence-corrected chi connectivity index (χ4v) is 3.27. The molecule has 3 nitrogen and oxygen atoms in total. The van der Waals surface area contributed by atoms with Crippen molar-refractivity contribution in [2.45, 2.75) is 26.0 Å². The van der Waals surface area contributed by atoms with E-state index < -0.39 is 0 Å². The summed E-state index contributed by atoms with van der Waals surface area (Å²) in [7, 11) is 3.80. The van der Waals surface area contributed by atoms with Crippen molar-refractivity contribution in [3.8, 4) is 0 Å². The number of nitrogens with one attached hydrogen (secondary N) is 1. The second kappa shape index (κ2) is 7.04. The number of nitrogens with zero attached hydrogens (tertiary/aromatic N) is 1. The Morgan fingerprint density at radius 2 is 2.26 bits per heavy atom. The fourth-order valence-electron chi connectivity index (χ4n) is 3.27. The molecule has 0 aromatic heterocycles. The van der Waals surface area contributed by atoms with E-state index in [4.69, 9.17) is 4.74 Å². The molecule has 0 spiro atoms. The van der Waals surface area contributed by atoms with Crippen molar-refractivity contribution < 1.29 is 4.74 Å². The molecular formula is C16H26N2O. The van der Waals surface area contributed by atoms with Gasteiger partial charge in [0.05, 0.1) is 6.61 Å². The van der Waals surface area contributed by atoms with E-state index in [1.54, 1.807) is 7.11 Å². The molecule has 0 amide bonds. The van der Waals surface area contributed by atoms with Gasteiger partial charge in [0, 0.05) is 13.2 Å². The molecule has 1 aliphatic rings. The van der Waals surface area contributed by atoms with Crippen LogP contribution in [-0.2, 0) is 11.3 Å². The SMILES string of the molecule is CCN1CCC(CNC)C1c1cccc(COC)c1. The summed E-state index contributed by atoms with van der Waals surface area (Å²) in [5, 5.41) is 3.34. The lowest BCUT2D eigenvalue weighted by Gasteiger charge is -2.28. The first kappa shape index (κ1) is 14.5. The van der Waals surface area contributed by atoms with Crippen LogP contribution in [0.1, 0.15) is 30.5 Å². The van der Waals surface area contributed by atoms with Crippen LogP contribution in [0.15, 0.2) is 24.3 Å². The Bertz CT molecular complexity index is 394. The van der Waals surface area contributed by atoms with Gasteiger partial charge in [0.2, 0.25) is 0 Å². The molecule has 2 rings (SSSR count). The molecule has 0 radical (unpaired) electrons. The van der Waals surface area contributed by atoms with Gasteiger partial charge in [-0.15, -0.1) is 0 Å². The van der Waals surface area contributed by atoms with Crippen LogP contribution in [0.2, 0.25) is 0 Å². The van der Waals surface area contributed by atoms with Crippen molar-refractivity contribution in [1.82, 2.24) is 10.2 Å². The summed E-state index contributed by atoms with van der Waals surface area (Å²) in [5.74, 6) is 0.711. The number of ether oxygens (including phenoxy) is 1. The van der Waals surface area contributed by atoms with Crippen molar-refractivity contribution in [2.75, 3.05) is 33.8 Å². The Morgan fingerprint density at radius 1 is 1.42 bits per heavy atom. The Balaban J connectivity index is 2.22. The van der Waals surface area contributed by atoms with E-state index in [0.717, 1.165) is 13.1 Å². The molecule has 1 heterocycles. The number of hydrogen-bond acceptors (Lipinski definition) is 3. The lowest BCUT2D eigenvalue weighted by molar-refractivity contribution is 0.184. The lowest BCUT2D eigenvalue weighted by Crippen LogP contribution is -2.29. The van der Waals surface area contributed by atoms with Gasteiger partial charge in [-0.3, -0.25) is 4.90 Å². The highest BCUT2D eigenvalue weighted by Gasteiger charge is 2.33. The second-order valence-electron chi connectivity index (χ2n) is 5.36. The Hall–Kier alpha value is -0.900. The molecule has 1 aliphatic heterocycles. The largest absolute Gasteiger partial charge is 0.380 e. The number of methoxy groups -OCH3 is 1. The predicted molar refractivity (Wildman–Crippen MR) is 79.2 cm³/mol. The van der Waals surface area contributed by atoms with Crippen LogP contribution in [0, 0.1) is 5.92 Å². The normalized spacial score (nSPS) is 23.9. The molecule has 1 aromatic rings. The van der Waals surface area contributed by atoms with E-state index in [9.17, 15) is 0 Å². The maximum atomic E-state index is 5.25. The summed E-state index contributed by atoms with van der Waals surface area (Å²) >= 11 is 0. The summed E-state index contributed by atoms with van der Waals surface area (Å²) < 4.78 is 5.25. The van der Waals surface area contributed by atoms with Gasteiger partial charge in [0.25, 0.3) is 0 Å². The molecule has 2 atom stereocenters. The Labute approximate surface area is 116 Å². The molecule has 1 saturated heterocycles. The zero-order chi connectivity index (χ0) is 13.7. The lowest BCUT2D eigenvalue weighted by atomic mass is 9.92. The highest BCUT2D eigenvalue weighted by atomic mass is 16.5. The Kier molecular flexibility index (Phi) is 5.37. The molecule has 1 N–H and O–H groups in total. The van der Waals surface area contributed by atoms with Crippen LogP contribution in [0.3, 0.4) is 0 Å². The molecule has 1 aromatic carbocycles. The number of rotatable bonds is 6. The van der Waals surface area contributed by atoms with Crippen LogP contribution in [0.5, 0.6) is 0 Å². The van der Waals surface area contributed by atoms with Crippen molar-refractivity contribution in [3.63, 3.8) is 0 Å². The summed E-state index contributed by atoms with van der Waals surface area (Å²) in [5.41, 5.74) is 2.71. The minimum absolute atomic E-state index is 0.550. The van der Waals surface area contributed by atoms with Crippen LogP contribution >= 0.6 is 0 Å². The molecular weight excluding hydrogens is 236 g/mol. The maximum absolute atomic E-state index is 5.25. The van der Waals surface area contributed by atoms with E-state index in [-0.39, 0.29) is 0 Å². The average Bonchev–Trinajstić information content (AvgIpc) is 2.83. The first-order valence-electron chi connectivity index (χ1n) is 7.26. The minimum Gasteiger partial charge on any atom is -0.380 e. The topological polar surface area (TPSA) is 24.5 Å². The van der Waals surface area contributed by atoms with Gasteiger partial charge in [0.15, 0.2) is 0 Å². The van der Waals surface area contributed by atoms with Gasteiger partial charge < -0.3 is 10.1 Å². The van der Waals surface area contributed by atoms with Crippen LogP contribution in [0.4, 0.5) is 0 Å². The predicted octanol–water partition coefficient (Wildman–Crippen LogP) is 2.44. The second-order valence-corrected chi connectivity index (χ2v) is 5.36. The summed E-state index contributed by atoms with van der Waals surface area (Å²) in [6, 6.07) is 9.43. The van der Waals surface area contributed by atoms with Gasteiger partial charge >= 0.3 is 0 Å². The molecule has 1 fully saturated rings. The van der Waals surface area contributed by atoms with Crippen LogP contribution in [-0.4, -0.2) is 38.7 Å². The summed E-state index contributed by atoms with van der Waals surface area (Å²) in [6.07, 6.45) is 1.29. The van der Waals surface area contributed by atoms with Crippen molar-refractivity contribution in [2.24, 2.45) is 5.92 Å². The average molecular weight is 262 g/mol. The van der Waals surface area contributed by atoms with E-state index in [1.165, 1.54) is 24.1 Å². The van der Waals surface area contributed by atoms with E-state index in [0.29, 0.717) is 18.6 Å². The molecule has 3 heteroatoms. The molecule has 0 aliphatic carbocycles. The monoisotopic (exact) mass is 262 g/mol. The highest BCUT2D eigenvalue weighted by molar-refractivity contribution is 5.27. The number of likely N-dealkylation sites (tertiary alicyclic amines) is 1. The van der Waals surface area contributed by atoms with E-state index in [2.05, 4.69) is 41.4 Å². The highest BCUT2D eigenvalue weighted by Crippen LogP contribution is 2.36. The smallest absolute Gasteiger partial charge is 0.0713 e. The first-order chi connectivity index (χ1) is 9.30. The molecule has 0 saturated carbocycles. The van der Waals surface area contributed by atoms with Gasteiger partial charge in [-0.25, -0.2) is 0 Å². The Morgan fingerprint density at radius 3 is 2.95 bits per heavy atom.